The lowest BCUT2D eigenvalue weighted by atomic mass is 10.0. The number of urea groups is 1. The van der Waals surface area contributed by atoms with Crippen molar-refractivity contribution in [3.8, 4) is 0 Å². The Morgan fingerprint density at radius 2 is 2.09 bits per heavy atom. The summed E-state index contributed by atoms with van der Waals surface area (Å²) in [6.07, 6.45) is -2.11. The zero-order chi connectivity index (χ0) is 17.2. The van der Waals surface area contributed by atoms with Gasteiger partial charge in [0.05, 0.1) is 24.5 Å². The van der Waals surface area contributed by atoms with Gasteiger partial charge in [-0.3, -0.25) is 4.90 Å². The monoisotopic (exact) mass is 329 g/mol. The van der Waals surface area contributed by atoms with E-state index in [2.05, 4.69) is 4.98 Å². The first-order chi connectivity index (χ1) is 10.7. The number of amides is 2. The van der Waals surface area contributed by atoms with Crippen LogP contribution < -0.4 is 4.90 Å². The van der Waals surface area contributed by atoms with Gasteiger partial charge in [0.1, 0.15) is 12.0 Å². The van der Waals surface area contributed by atoms with E-state index >= 15 is 0 Å². The molecule has 2 heterocycles. The third-order valence-electron chi connectivity index (χ3n) is 3.68. The minimum Gasteiger partial charge on any atom is -0.313 e. The van der Waals surface area contributed by atoms with Gasteiger partial charge in [0.25, 0.3) is 0 Å². The second kappa shape index (κ2) is 6.55. The van der Waals surface area contributed by atoms with E-state index in [1.807, 2.05) is 13.8 Å². The second-order valence-corrected chi connectivity index (χ2v) is 5.89. The summed E-state index contributed by atoms with van der Waals surface area (Å²) in [6.45, 7) is 4.32. The number of pyridine rings is 1. The van der Waals surface area contributed by atoms with E-state index in [1.165, 1.54) is 15.9 Å². The summed E-state index contributed by atoms with van der Waals surface area (Å²) in [5, 5.41) is 0. The number of rotatable bonds is 5. The fourth-order valence-electron chi connectivity index (χ4n) is 2.68. The largest absolute Gasteiger partial charge is 0.433 e. The summed E-state index contributed by atoms with van der Waals surface area (Å²) < 4.78 is 37.7. The molecule has 0 saturated carbocycles. The number of carbonyl (C=O) groups is 2. The van der Waals surface area contributed by atoms with Crippen molar-refractivity contribution in [1.82, 2.24) is 9.88 Å². The van der Waals surface area contributed by atoms with Crippen molar-refractivity contribution in [2.75, 3.05) is 18.0 Å². The van der Waals surface area contributed by atoms with Gasteiger partial charge >= 0.3 is 12.2 Å². The molecule has 0 aliphatic carbocycles. The molecule has 0 bridgehead atoms. The Hall–Kier alpha value is -2.12. The molecule has 8 heteroatoms. The Bertz CT molecular complexity index is 572. The Labute approximate surface area is 132 Å². The van der Waals surface area contributed by atoms with E-state index in [9.17, 15) is 22.8 Å². The lowest BCUT2D eigenvalue weighted by Crippen LogP contribution is -2.37. The molecule has 0 radical (unpaired) electrons. The van der Waals surface area contributed by atoms with Crippen molar-refractivity contribution in [3.63, 3.8) is 0 Å². The first kappa shape index (κ1) is 17.2. The molecule has 1 aliphatic heterocycles. The molecule has 0 spiro atoms. The van der Waals surface area contributed by atoms with E-state index in [4.69, 9.17) is 0 Å². The quantitative estimate of drug-likeness (QED) is 0.781. The van der Waals surface area contributed by atoms with Crippen molar-refractivity contribution in [1.29, 1.82) is 0 Å². The lowest BCUT2D eigenvalue weighted by molar-refractivity contribution is -0.141. The summed E-state index contributed by atoms with van der Waals surface area (Å²) in [5.74, 6) is 0.327. The van der Waals surface area contributed by atoms with Crippen LogP contribution in [0.15, 0.2) is 18.3 Å². The van der Waals surface area contributed by atoms with Crippen LogP contribution in [0, 0.1) is 5.92 Å². The molecule has 1 aromatic rings. The van der Waals surface area contributed by atoms with Crippen molar-refractivity contribution in [2.45, 2.75) is 32.5 Å². The molecule has 1 saturated heterocycles. The third kappa shape index (κ3) is 3.80. The molecular formula is C15H18F3N3O2. The summed E-state index contributed by atoms with van der Waals surface area (Å²) >= 11 is 0. The van der Waals surface area contributed by atoms with Crippen LogP contribution in [-0.2, 0) is 11.0 Å². The number of hydrogen-bond donors (Lipinski definition) is 0. The van der Waals surface area contributed by atoms with Crippen LogP contribution in [0.4, 0.5) is 23.7 Å². The molecule has 126 valence electrons. The van der Waals surface area contributed by atoms with Crippen molar-refractivity contribution < 1.29 is 22.8 Å². The lowest BCUT2D eigenvalue weighted by Gasteiger charge is -2.21. The molecule has 23 heavy (non-hydrogen) atoms. The standard InChI is InChI=1S/C15H18F3N3O2/c1-10(2)7-12-9-21(14(23)20(12)5-6-22)11-3-4-13(19-8-11)15(16,17)18/h3-4,6,8,10,12H,5,7,9H2,1-2H3/t12-/m0/s1. The first-order valence-electron chi connectivity index (χ1n) is 7.29. The molecule has 2 rings (SSSR count). The van der Waals surface area contributed by atoms with Crippen LogP contribution in [0.25, 0.3) is 0 Å². The number of halogens is 3. The van der Waals surface area contributed by atoms with E-state index in [0.29, 0.717) is 30.9 Å². The maximum atomic E-state index is 12.6. The predicted octanol–water partition coefficient (Wildman–Crippen LogP) is 2.96. The van der Waals surface area contributed by atoms with Gasteiger partial charge in [-0.05, 0) is 24.5 Å². The van der Waals surface area contributed by atoms with E-state index in [0.717, 1.165) is 12.3 Å². The molecule has 0 unspecified atom stereocenters. The highest BCUT2D eigenvalue weighted by Crippen LogP contribution is 2.30. The maximum absolute atomic E-state index is 12.6. The Morgan fingerprint density at radius 3 is 2.57 bits per heavy atom. The smallest absolute Gasteiger partial charge is 0.313 e. The van der Waals surface area contributed by atoms with Gasteiger partial charge in [-0.25, -0.2) is 9.78 Å². The van der Waals surface area contributed by atoms with Gasteiger partial charge in [0, 0.05) is 6.54 Å². The molecule has 2 amide bonds. The molecular weight excluding hydrogens is 311 g/mol. The SMILES string of the molecule is CC(C)C[C@H]1CN(c2ccc(C(F)(F)F)nc2)C(=O)N1CC=O. The fourth-order valence-corrected chi connectivity index (χ4v) is 2.68. The maximum Gasteiger partial charge on any atom is 0.433 e. The number of hydrogen-bond acceptors (Lipinski definition) is 3. The Kier molecular flexibility index (Phi) is 4.91. The van der Waals surface area contributed by atoms with E-state index < -0.39 is 11.9 Å². The normalized spacial score (nSPS) is 18.9. The highest BCUT2D eigenvalue weighted by Gasteiger charge is 2.38. The predicted molar refractivity (Wildman–Crippen MR) is 78.0 cm³/mol. The summed E-state index contributed by atoms with van der Waals surface area (Å²) in [7, 11) is 0. The molecule has 0 aromatic carbocycles. The highest BCUT2D eigenvalue weighted by atomic mass is 19.4. The fraction of sp³-hybridized carbons (Fsp3) is 0.533. The van der Waals surface area contributed by atoms with E-state index in [-0.39, 0.29) is 18.6 Å². The summed E-state index contributed by atoms with van der Waals surface area (Å²) in [6, 6.07) is 1.55. The van der Waals surface area contributed by atoms with Gasteiger partial charge in [-0.15, -0.1) is 0 Å². The van der Waals surface area contributed by atoms with Crippen LogP contribution in [-0.4, -0.2) is 41.3 Å². The molecule has 1 fully saturated rings. The number of alkyl halides is 3. The highest BCUT2D eigenvalue weighted by molar-refractivity contribution is 5.95. The van der Waals surface area contributed by atoms with Gasteiger partial charge in [-0.1, -0.05) is 13.8 Å². The molecule has 1 aliphatic rings. The molecule has 5 nitrogen and oxygen atoms in total. The number of aromatic nitrogens is 1. The van der Waals surface area contributed by atoms with Crippen molar-refractivity contribution >= 4 is 18.0 Å². The number of anilines is 1. The van der Waals surface area contributed by atoms with Crippen LogP contribution in [0.3, 0.4) is 0 Å². The Balaban J connectivity index is 2.22. The first-order valence-corrected chi connectivity index (χ1v) is 7.29. The average Bonchev–Trinajstić information content (AvgIpc) is 2.75. The molecule has 0 N–H and O–H groups in total. The summed E-state index contributed by atoms with van der Waals surface area (Å²) in [5.41, 5.74) is -0.707. The zero-order valence-electron chi connectivity index (χ0n) is 12.9. The van der Waals surface area contributed by atoms with Crippen LogP contribution in [0.2, 0.25) is 0 Å². The molecule has 1 atom stereocenters. The minimum absolute atomic E-state index is 0.0270. The zero-order valence-corrected chi connectivity index (χ0v) is 12.9. The average molecular weight is 329 g/mol. The van der Waals surface area contributed by atoms with Gasteiger partial charge in [0.15, 0.2) is 0 Å². The Morgan fingerprint density at radius 1 is 1.39 bits per heavy atom. The third-order valence-corrected chi connectivity index (χ3v) is 3.68. The van der Waals surface area contributed by atoms with Crippen molar-refractivity contribution in [2.24, 2.45) is 5.92 Å². The van der Waals surface area contributed by atoms with Gasteiger partial charge < -0.3 is 9.69 Å². The van der Waals surface area contributed by atoms with Gasteiger partial charge in [-0.2, -0.15) is 13.2 Å². The van der Waals surface area contributed by atoms with Crippen LogP contribution in [0.1, 0.15) is 26.0 Å². The number of nitrogens with zero attached hydrogens (tertiary/aromatic N) is 3. The minimum atomic E-state index is -4.52. The second-order valence-electron chi connectivity index (χ2n) is 5.89. The van der Waals surface area contributed by atoms with Crippen molar-refractivity contribution in [3.05, 3.63) is 24.0 Å². The topological polar surface area (TPSA) is 53.5 Å². The summed E-state index contributed by atoms with van der Waals surface area (Å²) in [4.78, 5) is 29.4. The molecule has 1 aromatic heterocycles. The number of aldehydes is 1. The van der Waals surface area contributed by atoms with Crippen LogP contribution in [0.5, 0.6) is 0 Å². The van der Waals surface area contributed by atoms with E-state index in [1.54, 1.807) is 0 Å². The van der Waals surface area contributed by atoms with Gasteiger partial charge in [0.2, 0.25) is 0 Å². The number of carbonyl (C=O) groups excluding carboxylic acids is 2. The van der Waals surface area contributed by atoms with Crippen LogP contribution >= 0.6 is 0 Å².